The summed E-state index contributed by atoms with van der Waals surface area (Å²) in [6.07, 6.45) is 4.96. The van der Waals surface area contributed by atoms with E-state index in [0.717, 1.165) is 25.0 Å². The fourth-order valence-corrected chi connectivity index (χ4v) is 3.22. The van der Waals surface area contributed by atoms with Crippen molar-refractivity contribution in [2.45, 2.75) is 44.9 Å². The molecule has 0 amide bonds. The first-order chi connectivity index (χ1) is 9.72. The van der Waals surface area contributed by atoms with Gasteiger partial charge in [-0.05, 0) is 56.5 Å². The smallest absolute Gasteiger partial charge is 0.0702 e. The Morgan fingerprint density at radius 2 is 2.30 bits per heavy atom. The lowest BCUT2D eigenvalue weighted by Crippen LogP contribution is -2.31. The molecule has 2 atom stereocenters. The van der Waals surface area contributed by atoms with Crippen LogP contribution in [0.3, 0.4) is 0 Å². The van der Waals surface area contributed by atoms with Crippen LogP contribution < -0.4 is 0 Å². The van der Waals surface area contributed by atoms with E-state index in [1.807, 2.05) is 19.2 Å². The fraction of sp³-hybridized carbons (Fsp3) is 0.471. The van der Waals surface area contributed by atoms with E-state index in [1.54, 1.807) is 0 Å². The van der Waals surface area contributed by atoms with Gasteiger partial charge >= 0.3 is 0 Å². The van der Waals surface area contributed by atoms with Crippen molar-refractivity contribution < 1.29 is 5.11 Å². The summed E-state index contributed by atoms with van der Waals surface area (Å²) in [5, 5.41) is 10.8. The molecule has 2 unspecified atom stereocenters. The number of pyridine rings is 1. The van der Waals surface area contributed by atoms with Gasteiger partial charge in [-0.15, -0.1) is 0 Å². The first-order valence-electron chi connectivity index (χ1n) is 7.48. The van der Waals surface area contributed by atoms with Crippen LogP contribution in [0.2, 0.25) is 0 Å². The number of nitrogens with zero attached hydrogens (tertiary/aromatic N) is 2. The largest absolute Gasteiger partial charge is 0.393 e. The van der Waals surface area contributed by atoms with Crippen molar-refractivity contribution in [3.05, 3.63) is 42.1 Å². The molecule has 1 aliphatic heterocycles. The first-order valence-corrected chi connectivity index (χ1v) is 7.48. The standard InChI is InChI=1S/C17H22N2O/c1-13(20)10-16-5-3-9-19(16)12-14-6-7-17-15(11-14)4-2-8-18-17/h2,4,6-8,11,13,16,20H,3,5,9-10,12H2,1H3. The van der Waals surface area contributed by atoms with Crippen LogP contribution in [0, 0.1) is 0 Å². The summed E-state index contributed by atoms with van der Waals surface area (Å²) >= 11 is 0. The summed E-state index contributed by atoms with van der Waals surface area (Å²) in [5.41, 5.74) is 2.39. The van der Waals surface area contributed by atoms with Crippen LogP contribution in [-0.4, -0.2) is 33.7 Å². The molecule has 0 radical (unpaired) electrons. The topological polar surface area (TPSA) is 36.4 Å². The van der Waals surface area contributed by atoms with Crippen molar-refractivity contribution in [3.8, 4) is 0 Å². The van der Waals surface area contributed by atoms with Crippen LogP contribution >= 0.6 is 0 Å². The fourth-order valence-electron chi connectivity index (χ4n) is 3.22. The lowest BCUT2D eigenvalue weighted by molar-refractivity contribution is 0.131. The highest BCUT2D eigenvalue weighted by Gasteiger charge is 2.25. The number of fused-ring (bicyclic) bond motifs is 1. The van der Waals surface area contributed by atoms with Crippen molar-refractivity contribution in [2.75, 3.05) is 6.54 Å². The zero-order valence-electron chi connectivity index (χ0n) is 12.0. The van der Waals surface area contributed by atoms with Crippen LogP contribution in [0.4, 0.5) is 0 Å². The molecule has 1 fully saturated rings. The third kappa shape index (κ3) is 3.00. The predicted octanol–water partition coefficient (Wildman–Crippen LogP) is 2.97. The van der Waals surface area contributed by atoms with Crippen molar-refractivity contribution in [1.29, 1.82) is 0 Å². The normalized spacial score (nSPS) is 21.4. The van der Waals surface area contributed by atoms with E-state index in [-0.39, 0.29) is 6.10 Å². The zero-order chi connectivity index (χ0) is 13.9. The van der Waals surface area contributed by atoms with Crippen molar-refractivity contribution in [3.63, 3.8) is 0 Å². The number of benzene rings is 1. The highest BCUT2D eigenvalue weighted by atomic mass is 16.3. The van der Waals surface area contributed by atoms with Gasteiger partial charge < -0.3 is 5.11 Å². The van der Waals surface area contributed by atoms with Gasteiger partial charge in [-0.2, -0.15) is 0 Å². The molecule has 1 aliphatic rings. The SMILES string of the molecule is CC(O)CC1CCCN1Cc1ccc2ncccc2c1. The highest BCUT2D eigenvalue weighted by Crippen LogP contribution is 2.24. The first kappa shape index (κ1) is 13.5. The minimum Gasteiger partial charge on any atom is -0.393 e. The molecule has 0 spiro atoms. The van der Waals surface area contributed by atoms with E-state index >= 15 is 0 Å². The Balaban J connectivity index is 1.75. The van der Waals surface area contributed by atoms with Gasteiger partial charge in [-0.1, -0.05) is 12.1 Å². The van der Waals surface area contributed by atoms with E-state index in [1.165, 1.54) is 23.8 Å². The van der Waals surface area contributed by atoms with E-state index in [4.69, 9.17) is 0 Å². The molecule has 0 saturated carbocycles. The van der Waals surface area contributed by atoms with E-state index in [0.29, 0.717) is 6.04 Å². The Hall–Kier alpha value is -1.45. The van der Waals surface area contributed by atoms with Gasteiger partial charge in [-0.25, -0.2) is 0 Å². The Labute approximate surface area is 120 Å². The Kier molecular flexibility index (Phi) is 3.99. The molecule has 3 nitrogen and oxygen atoms in total. The highest BCUT2D eigenvalue weighted by molar-refractivity contribution is 5.78. The van der Waals surface area contributed by atoms with E-state index in [9.17, 15) is 5.11 Å². The van der Waals surface area contributed by atoms with Gasteiger partial charge in [0.25, 0.3) is 0 Å². The summed E-state index contributed by atoms with van der Waals surface area (Å²) in [5.74, 6) is 0. The number of hydrogen-bond donors (Lipinski definition) is 1. The predicted molar refractivity (Wildman–Crippen MR) is 81.5 cm³/mol. The third-order valence-electron chi connectivity index (χ3n) is 4.17. The Bertz CT molecular complexity index is 582. The Morgan fingerprint density at radius 3 is 3.15 bits per heavy atom. The maximum atomic E-state index is 9.60. The van der Waals surface area contributed by atoms with Gasteiger partial charge in [0.05, 0.1) is 11.6 Å². The van der Waals surface area contributed by atoms with Crippen molar-refractivity contribution >= 4 is 10.9 Å². The molecular weight excluding hydrogens is 248 g/mol. The molecule has 1 aromatic heterocycles. The summed E-state index contributed by atoms with van der Waals surface area (Å²) in [4.78, 5) is 6.87. The number of aliphatic hydroxyl groups is 1. The summed E-state index contributed by atoms with van der Waals surface area (Å²) < 4.78 is 0. The third-order valence-corrected chi connectivity index (χ3v) is 4.17. The van der Waals surface area contributed by atoms with E-state index in [2.05, 4.69) is 34.1 Å². The average molecular weight is 270 g/mol. The molecule has 2 heterocycles. The molecule has 3 rings (SSSR count). The number of aliphatic hydroxyl groups excluding tert-OH is 1. The van der Waals surface area contributed by atoms with Gasteiger partial charge in [0.1, 0.15) is 0 Å². The second kappa shape index (κ2) is 5.90. The monoisotopic (exact) mass is 270 g/mol. The van der Waals surface area contributed by atoms with Gasteiger partial charge in [0, 0.05) is 24.2 Å². The molecule has 3 heteroatoms. The minimum absolute atomic E-state index is 0.207. The number of aromatic nitrogens is 1. The molecule has 1 N–H and O–H groups in total. The van der Waals surface area contributed by atoms with Crippen LogP contribution in [0.5, 0.6) is 0 Å². The summed E-state index contributed by atoms with van der Waals surface area (Å²) in [6, 6.07) is 11.1. The number of likely N-dealkylation sites (tertiary alicyclic amines) is 1. The second-order valence-corrected chi connectivity index (χ2v) is 5.88. The maximum absolute atomic E-state index is 9.60. The zero-order valence-corrected chi connectivity index (χ0v) is 12.0. The van der Waals surface area contributed by atoms with Crippen LogP contribution in [0.1, 0.15) is 31.7 Å². The van der Waals surface area contributed by atoms with Gasteiger partial charge in [-0.3, -0.25) is 9.88 Å². The van der Waals surface area contributed by atoms with Crippen molar-refractivity contribution in [2.24, 2.45) is 0 Å². The molecule has 0 bridgehead atoms. The Morgan fingerprint density at radius 1 is 1.40 bits per heavy atom. The van der Waals surface area contributed by atoms with E-state index < -0.39 is 0 Å². The summed E-state index contributed by atoms with van der Waals surface area (Å²) in [6.45, 7) is 4.00. The summed E-state index contributed by atoms with van der Waals surface area (Å²) in [7, 11) is 0. The molecule has 1 aromatic carbocycles. The van der Waals surface area contributed by atoms with Crippen LogP contribution in [-0.2, 0) is 6.54 Å². The van der Waals surface area contributed by atoms with Crippen LogP contribution in [0.15, 0.2) is 36.5 Å². The number of rotatable bonds is 4. The molecular formula is C17H22N2O. The maximum Gasteiger partial charge on any atom is 0.0702 e. The molecule has 2 aromatic rings. The molecule has 106 valence electrons. The quantitative estimate of drug-likeness (QED) is 0.928. The minimum atomic E-state index is -0.207. The van der Waals surface area contributed by atoms with Gasteiger partial charge in [0.15, 0.2) is 0 Å². The molecule has 1 saturated heterocycles. The number of hydrogen-bond acceptors (Lipinski definition) is 3. The second-order valence-electron chi connectivity index (χ2n) is 5.88. The molecule has 0 aliphatic carbocycles. The average Bonchev–Trinajstić information content (AvgIpc) is 2.85. The lowest BCUT2D eigenvalue weighted by atomic mass is 10.1. The lowest BCUT2D eigenvalue weighted by Gasteiger charge is -2.25. The van der Waals surface area contributed by atoms with Crippen LogP contribution in [0.25, 0.3) is 10.9 Å². The van der Waals surface area contributed by atoms with Crippen molar-refractivity contribution in [1.82, 2.24) is 9.88 Å². The molecule has 20 heavy (non-hydrogen) atoms. The van der Waals surface area contributed by atoms with Gasteiger partial charge in [0.2, 0.25) is 0 Å².